The highest BCUT2D eigenvalue weighted by molar-refractivity contribution is 5.82. The van der Waals surface area contributed by atoms with Crippen LogP contribution >= 0.6 is 0 Å². The predicted octanol–water partition coefficient (Wildman–Crippen LogP) is 4.43. The number of hydrogen-bond donors (Lipinski definition) is 0. The Morgan fingerprint density at radius 1 is 0.870 bits per heavy atom. The molecule has 3 nitrogen and oxygen atoms in total. The van der Waals surface area contributed by atoms with E-state index >= 15 is 0 Å². The molecule has 0 spiro atoms. The summed E-state index contributed by atoms with van der Waals surface area (Å²) < 4.78 is 13.4. The second-order valence-electron chi connectivity index (χ2n) is 5.99. The number of halogens is 1. The SMILES string of the molecule is Fc1cccc(-c2ccc3ncc(N4CCCCC4)nc3c2)c1. The normalized spacial score (nSPS) is 15.1. The Balaban J connectivity index is 1.74. The van der Waals surface area contributed by atoms with Crippen molar-refractivity contribution in [3.63, 3.8) is 0 Å². The van der Waals surface area contributed by atoms with E-state index in [2.05, 4.69) is 9.88 Å². The summed E-state index contributed by atoms with van der Waals surface area (Å²) in [4.78, 5) is 11.6. The van der Waals surface area contributed by atoms with Gasteiger partial charge in [-0.2, -0.15) is 0 Å². The van der Waals surface area contributed by atoms with Gasteiger partial charge in [-0.15, -0.1) is 0 Å². The number of hydrogen-bond acceptors (Lipinski definition) is 3. The first-order valence-corrected chi connectivity index (χ1v) is 8.07. The molecule has 4 rings (SSSR count). The van der Waals surface area contributed by atoms with Gasteiger partial charge in [0.15, 0.2) is 0 Å². The van der Waals surface area contributed by atoms with E-state index in [1.807, 2.05) is 30.5 Å². The van der Waals surface area contributed by atoms with Gasteiger partial charge in [0.2, 0.25) is 0 Å². The third-order valence-electron chi connectivity index (χ3n) is 4.37. The van der Waals surface area contributed by atoms with Crippen molar-refractivity contribution in [1.29, 1.82) is 0 Å². The molecule has 116 valence electrons. The zero-order valence-corrected chi connectivity index (χ0v) is 12.9. The molecule has 1 saturated heterocycles. The number of benzene rings is 2. The molecule has 0 N–H and O–H groups in total. The Morgan fingerprint density at radius 2 is 1.70 bits per heavy atom. The summed E-state index contributed by atoms with van der Waals surface area (Å²) in [5.41, 5.74) is 3.54. The largest absolute Gasteiger partial charge is 0.355 e. The number of aromatic nitrogens is 2. The number of nitrogens with zero attached hydrogens (tertiary/aromatic N) is 3. The molecule has 0 bridgehead atoms. The van der Waals surface area contributed by atoms with Gasteiger partial charge in [0.1, 0.15) is 11.6 Å². The number of piperidine rings is 1. The molecule has 1 aliphatic rings. The van der Waals surface area contributed by atoms with Crippen LogP contribution in [-0.2, 0) is 0 Å². The van der Waals surface area contributed by atoms with Gasteiger partial charge in [0.05, 0.1) is 17.2 Å². The van der Waals surface area contributed by atoms with Crippen molar-refractivity contribution in [3.05, 3.63) is 54.5 Å². The maximum Gasteiger partial charge on any atom is 0.147 e. The average Bonchev–Trinajstić information content (AvgIpc) is 2.61. The van der Waals surface area contributed by atoms with Crippen molar-refractivity contribution >= 4 is 16.9 Å². The lowest BCUT2D eigenvalue weighted by Gasteiger charge is -2.27. The molecule has 0 unspecified atom stereocenters. The van der Waals surface area contributed by atoms with Crippen LogP contribution < -0.4 is 4.90 Å². The molecule has 4 heteroatoms. The van der Waals surface area contributed by atoms with Gasteiger partial charge in [-0.05, 0) is 54.7 Å². The molecule has 1 aliphatic heterocycles. The Kier molecular flexibility index (Phi) is 3.66. The molecule has 3 aromatic rings. The first-order valence-electron chi connectivity index (χ1n) is 8.07. The van der Waals surface area contributed by atoms with E-state index in [-0.39, 0.29) is 5.82 Å². The molecule has 2 heterocycles. The molecule has 0 aliphatic carbocycles. The van der Waals surface area contributed by atoms with E-state index in [1.54, 1.807) is 12.1 Å². The minimum absolute atomic E-state index is 0.226. The third-order valence-corrected chi connectivity index (χ3v) is 4.37. The van der Waals surface area contributed by atoms with Crippen LogP contribution in [0.2, 0.25) is 0 Å². The monoisotopic (exact) mass is 307 g/mol. The molecule has 0 amide bonds. The average molecular weight is 307 g/mol. The number of anilines is 1. The standard InChI is InChI=1S/C19H18FN3/c20-16-6-4-5-14(11-16)15-7-8-17-18(12-15)22-19(13-21-17)23-9-2-1-3-10-23/h4-8,11-13H,1-3,9-10H2. The second kappa shape index (κ2) is 5.95. The number of fused-ring (bicyclic) bond motifs is 1. The van der Waals surface area contributed by atoms with Crippen LogP contribution in [0.1, 0.15) is 19.3 Å². The van der Waals surface area contributed by atoms with E-state index in [0.29, 0.717) is 0 Å². The minimum atomic E-state index is -0.226. The van der Waals surface area contributed by atoms with Crippen LogP contribution in [0, 0.1) is 5.82 Å². The lowest BCUT2D eigenvalue weighted by molar-refractivity contribution is 0.573. The summed E-state index contributed by atoms with van der Waals surface area (Å²) >= 11 is 0. The first-order chi connectivity index (χ1) is 11.3. The van der Waals surface area contributed by atoms with Gasteiger partial charge in [-0.25, -0.2) is 9.37 Å². The van der Waals surface area contributed by atoms with E-state index in [1.165, 1.54) is 25.3 Å². The van der Waals surface area contributed by atoms with Gasteiger partial charge in [-0.1, -0.05) is 18.2 Å². The molecular formula is C19H18FN3. The molecule has 2 aromatic carbocycles. The van der Waals surface area contributed by atoms with Crippen molar-refractivity contribution in [2.45, 2.75) is 19.3 Å². The van der Waals surface area contributed by atoms with Crippen LogP contribution in [0.25, 0.3) is 22.2 Å². The van der Waals surface area contributed by atoms with Crippen molar-refractivity contribution in [2.75, 3.05) is 18.0 Å². The minimum Gasteiger partial charge on any atom is -0.355 e. The zero-order valence-electron chi connectivity index (χ0n) is 12.9. The van der Waals surface area contributed by atoms with Gasteiger partial charge in [-0.3, -0.25) is 4.98 Å². The summed E-state index contributed by atoms with van der Waals surface area (Å²) in [7, 11) is 0. The lowest BCUT2D eigenvalue weighted by Crippen LogP contribution is -2.30. The van der Waals surface area contributed by atoms with Crippen LogP contribution in [-0.4, -0.2) is 23.1 Å². The van der Waals surface area contributed by atoms with Crippen LogP contribution in [0.4, 0.5) is 10.2 Å². The quantitative estimate of drug-likeness (QED) is 0.701. The van der Waals surface area contributed by atoms with Gasteiger partial charge in [0, 0.05) is 13.1 Å². The van der Waals surface area contributed by atoms with Crippen LogP contribution in [0.5, 0.6) is 0 Å². The predicted molar refractivity (Wildman–Crippen MR) is 91.0 cm³/mol. The summed E-state index contributed by atoms with van der Waals surface area (Å²) in [5, 5.41) is 0. The van der Waals surface area contributed by atoms with Crippen molar-refractivity contribution in [3.8, 4) is 11.1 Å². The van der Waals surface area contributed by atoms with Gasteiger partial charge >= 0.3 is 0 Å². The zero-order chi connectivity index (χ0) is 15.6. The van der Waals surface area contributed by atoms with Crippen LogP contribution in [0.3, 0.4) is 0 Å². The fraction of sp³-hybridized carbons (Fsp3) is 0.263. The van der Waals surface area contributed by atoms with E-state index in [4.69, 9.17) is 4.98 Å². The highest BCUT2D eigenvalue weighted by Gasteiger charge is 2.13. The molecular weight excluding hydrogens is 289 g/mol. The lowest BCUT2D eigenvalue weighted by atomic mass is 10.0. The summed E-state index contributed by atoms with van der Waals surface area (Å²) in [6.45, 7) is 2.09. The maximum atomic E-state index is 13.4. The second-order valence-corrected chi connectivity index (χ2v) is 5.99. The topological polar surface area (TPSA) is 29.0 Å². The number of rotatable bonds is 2. The van der Waals surface area contributed by atoms with E-state index < -0.39 is 0 Å². The van der Waals surface area contributed by atoms with Crippen LogP contribution in [0.15, 0.2) is 48.7 Å². The Morgan fingerprint density at radius 3 is 2.52 bits per heavy atom. The highest BCUT2D eigenvalue weighted by Crippen LogP contribution is 2.25. The van der Waals surface area contributed by atoms with Crippen molar-refractivity contribution < 1.29 is 4.39 Å². The fourth-order valence-electron chi connectivity index (χ4n) is 3.12. The van der Waals surface area contributed by atoms with Crippen molar-refractivity contribution in [1.82, 2.24) is 9.97 Å². The molecule has 1 fully saturated rings. The molecule has 0 radical (unpaired) electrons. The summed E-state index contributed by atoms with van der Waals surface area (Å²) in [5.74, 6) is 0.712. The van der Waals surface area contributed by atoms with E-state index in [0.717, 1.165) is 41.1 Å². The molecule has 23 heavy (non-hydrogen) atoms. The first kappa shape index (κ1) is 14.1. The Bertz CT molecular complexity index is 841. The maximum absolute atomic E-state index is 13.4. The molecule has 0 atom stereocenters. The van der Waals surface area contributed by atoms with E-state index in [9.17, 15) is 4.39 Å². The van der Waals surface area contributed by atoms with Gasteiger partial charge < -0.3 is 4.90 Å². The van der Waals surface area contributed by atoms with Crippen molar-refractivity contribution in [2.24, 2.45) is 0 Å². The smallest absolute Gasteiger partial charge is 0.147 e. The summed E-state index contributed by atoms with van der Waals surface area (Å²) in [6.07, 6.45) is 5.57. The Hall–Kier alpha value is -2.49. The Labute approximate surface area is 134 Å². The highest BCUT2D eigenvalue weighted by atomic mass is 19.1. The third kappa shape index (κ3) is 2.89. The summed E-state index contributed by atoms with van der Waals surface area (Å²) in [6, 6.07) is 12.5. The molecule has 0 saturated carbocycles. The molecule has 1 aromatic heterocycles. The van der Waals surface area contributed by atoms with Gasteiger partial charge in [0.25, 0.3) is 0 Å². The fourth-order valence-corrected chi connectivity index (χ4v) is 3.12.